The molecule has 0 radical (unpaired) electrons. The number of nitrogens with two attached hydrogens (primary N) is 1. The zero-order valence-electron chi connectivity index (χ0n) is 11.2. The fourth-order valence-electron chi connectivity index (χ4n) is 1.32. The lowest BCUT2D eigenvalue weighted by atomic mass is 10.2. The molecule has 0 saturated carbocycles. The van der Waals surface area contributed by atoms with E-state index in [0.717, 1.165) is 5.56 Å². The maximum Gasteiger partial charge on any atom is 0.244 e. The first-order chi connectivity index (χ1) is 8.49. The fourth-order valence-corrected chi connectivity index (χ4v) is 1.32. The van der Waals surface area contributed by atoms with Crippen molar-refractivity contribution in [3.63, 3.8) is 0 Å². The lowest BCUT2D eigenvalue weighted by molar-refractivity contribution is -0.116. The second kappa shape index (κ2) is 6.81. The Morgan fingerprint density at radius 3 is 2.83 bits per heavy atom. The maximum atomic E-state index is 11.6. The number of nitrogens with zero attached hydrogens (tertiary/aromatic N) is 1. The molecular weight excluding hydrogens is 226 g/mol. The number of hydrogen-bond acceptors (Lipinski definition) is 3. The SMILES string of the molecule is CC(CNC(=O)/C=C/c1cccc(N)c1)N(C)C. The summed E-state index contributed by atoms with van der Waals surface area (Å²) >= 11 is 0. The van der Waals surface area contributed by atoms with Gasteiger partial charge in [-0.1, -0.05) is 12.1 Å². The number of amides is 1. The van der Waals surface area contributed by atoms with Crippen LogP contribution in [0.3, 0.4) is 0 Å². The van der Waals surface area contributed by atoms with E-state index in [2.05, 4.69) is 17.1 Å². The van der Waals surface area contributed by atoms with Crippen LogP contribution in [-0.4, -0.2) is 37.5 Å². The smallest absolute Gasteiger partial charge is 0.244 e. The van der Waals surface area contributed by atoms with Crippen molar-refractivity contribution in [2.75, 3.05) is 26.4 Å². The summed E-state index contributed by atoms with van der Waals surface area (Å²) in [5.41, 5.74) is 7.27. The Morgan fingerprint density at radius 2 is 2.22 bits per heavy atom. The van der Waals surface area contributed by atoms with Crippen LogP contribution in [-0.2, 0) is 4.79 Å². The van der Waals surface area contributed by atoms with Gasteiger partial charge in [0.05, 0.1) is 0 Å². The van der Waals surface area contributed by atoms with Gasteiger partial charge in [0.1, 0.15) is 0 Å². The van der Waals surface area contributed by atoms with Crippen molar-refractivity contribution in [1.29, 1.82) is 0 Å². The van der Waals surface area contributed by atoms with Crippen LogP contribution < -0.4 is 11.1 Å². The van der Waals surface area contributed by atoms with Gasteiger partial charge in [0.2, 0.25) is 5.91 Å². The molecule has 1 amide bonds. The average Bonchev–Trinajstić information content (AvgIpc) is 2.33. The Labute approximate surface area is 108 Å². The zero-order valence-corrected chi connectivity index (χ0v) is 11.2. The predicted molar refractivity (Wildman–Crippen MR) is 76.0 cm³/mol. The van der Waals surface area contributed by atoms with Gasteiger partial charge in [0.25, 0.3) is 0 Å². The third kappa shape index (κ3) is 5.01. The Balaban J connectivity index is 2.45. The van der Waals surface area contributed by atoms with Gasteiger partial charge in [-0.15, -0.1) is 0 Å². The van der Waals surface area contributed by atoms with Gasteiger partial charge in [-0.25, -0.2) is 0 Å². The minimum atomic E-state index is -0.0916. The largest absolute Gasteiger partial charge is 0.399 e. The Morgan fingerprint density at radius 1 is 1.50 bits per heavy atom. The van der Waals surface area contributed by atoms with Crippen molar-refractivity contribution in [3.8, 4) is 0 Å². The summed E-state index contributed by atoms with van der Waals surface area (Å²) in [7, 11) is 3.97. The topological polar surface area (TPSA) is 58.4 Å². The first-order valence-corrected chi connectivity index (χ1v) is 5.97. The van der Waals surface area contributed by atoms with Crippen molar-refractivity contribution in [2.24, 2.45) is 0 Å². The molecule has 0 aliphatic rings. The zero-order chi connectivity index (χ0) is 13.5. The van der Waals surface area contributed by atoms with Crippen LogP contribution in [0, 0.1) is 0 Å². The number of anilines is 1. The minimum Gasteiger partial charge on any atom is -0.399 e. The Hall–Kier alpha value is -1.81. The fraction of sp³-hybridized carbons (Fsp3) is 0.357. The molecule has 0 aliphatic heterocycles. The van der Waals surface area contributed by atoms with Gasteiger partial charge in [0, 0.05) is 24.4 Å². The van der Waals surface area contributed by atoms with E-state index in [1.54, 1.807) is 6.08 Å². The summed E-state index contributed by atoms with van der Waals surface area (Å²) in [6, 6.07) is 7.72. The quantitative estimate of drug-likeness (QED) is 0.610. The van der Waals surface area contributed by atoms with Crippen LogP contribution >= 0.6 is 0 Å². The number of carbonyl (C=O) groups is 1. The van der Waals surface area contributed by atoms with E-state index in [1.165, 1.54) is 6.08 Å². The normalized spacial score (nSPS) is 12.9. The number of nitrogen functional groups attached to an aromatic ring is 1. The van der Waals surface area contributed by atoms with Crippen molar-refractivity contribution < 1.29 is 4.79 Å². The van der Waals surface area contributed by atoms with Crippen molar-refractivity contribution in [3.05, 3.63) is 35.9 Å². The summed E-state index contributed by atoms with van der Waals surface area (Å²) in [4.78, 5) is 13.6. The standard InChI is InChI=1S/C14H21N3O/c1-11(17(2)3)10-16-14(18)8-7-12-5-4-6-13(15)9-12/h4-9,11H,10,15H2,1-3H3,(H,16,18)/b8-7+. The van der Waals surface area contributed by atoms with Crippen LogP contribution in [0.15, 0.2) is 30.3 Å². The number of nitrogens with one attached hydrogen (secondary N) is 1. The van der Waals surface area contributed by atoms with Crippen LogP contribution in [0.5, 0.6) is 0 Å². The summed E-state index contributed by atoms with van der Waals surface area (Å²) in [5.74, 6) is -0.0916. The van der Waals surface area contributed by atoms with E-state index in [-0.39, 0.29) is 5.91 Å². The molecular formula is C14H21N3O. The van der Waals surface area contributed by atoms with Crippen LogP contribution in [0.2, 0.25) is 0 Å². The van der Waals surface area contributed by atoms with Crippen molar-refractivity contribution in [2.45, 2.75) is 13.0 Å². The first-order valence-electron chi connectivity index (χ1n) is 5.97. The van der Waals surface area contributed by atoms with Crippen LogP contribution in [0.4, 0.5) is 5.69 Å². The van der Waals surface area contributed by atoms with E-state index < -0.39 is 0 Å². The lowest BCUT2D eigenvalue weighted by Gasteiger charge is -2.19. The highest BCUT2D eigenvalue weighted by Crippen LogP contribution is 2.07. The first kappa shape index (κ1) is 14.3. The number of carbonyl (C=O) groups excluding carboxylic acids is 1. The number of likely N-dealkylation sites (N-methyl/N-ethyl adjacent to an activating group) is 1. The number of rotatable bonds is 5. The molecule has 1 rings (SSSR count). The summed E-state index contributed by atoms with van der Waals surface area (Å²) in [5, 5.41) is 2.85. The molecule has 1 aromatic rings. The molecule has 0 bridgehead atoms. The summed E-state index contributed by atoms with van der Waals surface area (Å²) in [6.45, 7) is 2.69. The molecule has 0 heterocycles. The molecule has 0 aliphatic carbocycles. The number of benzene rings is 1. The third-order valence-corrected chi connectivity index (χ3v) is 2.79. The molecule has 3 N–H and O–H groups in total. The molecule has 4 heteroatoms. The molecule has 0 aromatic heterocycles. The highest BCUT2D eigenvalue weighted by molar-refractivity contribution is 5.91. The molecule has 0 spiro atoms. The second-order valence-electron chi connectivity index (χ2n) is 4.56. The van der Waals surface area contributed by atoms with Crippen molar-refractivity contribution in [1.82, 2.24) is 10.2 Å². The lowest BCUT2D eigenvalue weighted by Crippen LogP contribution is -2.37. The van der Waals surface area contributed by atoms with Gasteiger partial charge in [-0.05, 0) is 44.8 Å². The van der Waals surface area contributed by atoms with Crippen LogP contribution in [0.1, 0.15) is 12.5 Å². The van der Waals surface area contributed by atoms with E-state index >= 15 is 0 Å². The van der Waals surface area contributed by atoms with E-state index in [4.69, 9.17) is 5.73 Å². The highest BCUT2D eigenvalue weighted by atomic mass is 16.1. The molecule has 18 heavy (non-hydrogen) atoms. The molecule has 1 aromatic carbocycles. The molecule has 1 atom stereocenters. The van der Waals surface area contributed by atoms with E-state index in [9.17, 15) is 4.79 Å². The van der Waals surface area contributed by atoms with Gasteiger partial charge in [-0.2, -0.15) is 0 Å². The monoisotopic (exact) mass is 247 g/mol. The molecule has 0 saturated heterocycles. The number of hydrogen-bond donors (Lipinski definition) is 2. The predicted octanol–water partition coefficient (Wildman–Crippen LogP) is 1.35. The maximum absolute atomic E-state index is 11.6. The van der Waals surface area contributed by atoms with Gasteiger partial charge >= 0.3 is 0 Å². The molecule has 1 unspecified atom stereocenters. The average molecular weight is 247 g/mol. The Bertz CT molecular complexity index is 427. The highest BCUT2D eigenvalue weighted by Gasteiger charge is 2.04. The molecule has 98 valence electrons. The summed E-state index contributed by atoms with van der Waals surface area (Å²) < 4.78 is 0. The van der Waals surface area contributed by atoms with Gasteiger partial charge in [0.15, 0.2) is 0 Å². The van der Waals surface area contributed by atoms with Gasteiger partial charge < -0.3 is 16.0 Å². The third-order valence-electron chi connectivity index (χ3n) is 2.79. The Kier molecular flexibility index (Phi) is 5.39. The molecule has 0 fully saturated rings. The van der Waals surface area contributed by atoms with Crippen LogP contribution in [0.25, 0.3) is 6.08 Å². The van der Waals surface area contributed by atoms with Gasteiger partial charge in [-0.3, -0.25) is 4.79 Å². The molecule has 4 nitrogen and oxygen atoms in total. The summed E-state index contributed by atoms with van der Waals surface area (Å²) in [6.07, 6.45) is 3.28. The second-order valence-corrected chi connectivity index (χ2v) is 4.56. The van der Waals surface area contributed by atoms with E-state index in [1.807, 2.05) is 38.4 Å². The van der Waals surface area contributed by atoms with E-state index in [0.29, 0.717) is 18.3 Å². The minimum absolute atomic E-state index is 0.0916. The van der Waals surface area contributed by atoms with Crippen molar-refractivity contribution >= 4 is 17.7 Å².